The van der Waals surface area contributed by atoms with Crippen molar-refractivity contribution in [2.24, 2.45) is 11.3 Å². The maximum Gasteiger partial charge on any atom is 0.516 e. The zero-order valence-electron chi connectivity index (χ0n) is 23.5. The van der Waals surface area contributed by atoms with Gasteiger partial charge in [-0.25, -0.2) is 9.59 Å². The average molecular weight is 535 g/mol. The molecule has 1 heterocycles. The molecular formula is C28H38O10. The van der Waals surface area contributed by atoms with E-state index in [-0.39, 0.29) is 48.1 Å². The Kier molecular flexibility index (Phi) is 10.7. The summed E-state index contributed by atoms with van der Waals surface area (Å²) < 4.78 is 31.0. The van der Waals surface area contributed by atoms with Gasteiger partial charge in [0.2, 0.25) is 6.79 Å². The highest BCUT2D eigenvalue weighted by atomic mass is 16.8. The van der Waals surface area contributed by atoms with Crippen molar-refractivity contribution in [2.75, 3.05) is 21.0 Å². The van der Waals surface area contributed by atoms with E-state index in [0.29, 0.717) is 35.3 Å². The molecule has 38 heavy (non-hydrogen) atoms. The average Bonchev–Trinajstić information content (AvgIpc) is 3.23. The van der Waals surface area contributed by atoms with E-state index in [2.05, 4.69) is 4.74 Å². The zero-order chi connectivity index (χ0) is 28.6. The Morgan fingerprint density at radius 1 is 1.08 bits per heavy atom. The van der Waals surface area contributed by atoms with Crippen LogP contribution in [0.2, 0.25) is 0 Å². The second-order valence-corrected chi connectivity index (χ2v) is 10.5. The molecule has 1 aromatic carbocycles. The first-order valence-electron chi connectivity index (χ1n) is 12.4. The van der Waals surface area contributed by atoms with Gasteiger partial charge >= 0.3 is 24.1 Å². The lowest BCUT2D eigenvalue weighted by Gasteiger charge is -2.22. The van der Waals surface area contributed by atoms with E-state index < -0.39 is 24.9 Å². The molecule has 0 saturated heterocycles. The number of fused-ring (bicyclic) bond motifs is 1. The van der Waals surface area contributed by atoms with Crippen LogP contribution >= 0.6 is 0 Å². The first-order valence-corrected chi connectivity index (χ1v) is 12.4. The van der Waals surface area contributed by atoms with E-state index in [4.69, 9.17) is 23.7 Å². The van der Waals surface area contributed by atoms with Crippen molar-refractivity contribution in [1.29, 1.82) is 0 Å². The third kappa shape index (κ3) is 8.22. The Hall–Kier alpha value is -3.56. The predicted molar refractivity (Wildman–Crippen MR) is 137 cm³/mol. The molecule has 0 N–H and O–H groups in total. The minimum Gasteiger partial charge on any atom is -0.496 e. The molecule has 1 unspecified atom stereocenters. The van der Waals surface area contributed by atoms with Crippen LogP contribution in [0.15, 0.2) is 11.6 Å². The summed E-state index contributed by atoms with van der Waals surface area (Å²) in [5.41, 5.74) is 2.61. The molecule has 0 aromatic heterocycles. The molecule has 2 rings (SSSR count). The van der Waals surface area contributed by atoms with Crippen LogP contribution in [0.25, 0.3) is 0 Å². The number of hydrogen-bond donors (Lipinski definition) is 0. The minimum atomic E-state index is -1.15. The fourth-order valence-corrected chi connectivity index (χ4v) is 4.29. The fraction of sp³-hybridized carbons (Fsp3) is 0.571. The number of benzene rings is 1. The second kappa shape index (κ2) is 13.3. The summed E-state index contributed by atoms with van der Waals surface area (Å²) in [6.45, 7) is 10.8. The highest BCUT2D eigenvalue weighted by molar-refractivity contribution is 5.99. The van der Waals surface area contributed by atoms with Gasteiger partial charge in [0, 0.05) is 17.5 Å². The van der Waals surface area contributed by atoms with Crippen LogP contribution in [0.5, 0.6) is 11.5 Å². The van der Waals surface area contributed by atoms with Crippen LogP contribution in [0.1, 0.15) is 80.9 Å². The number of allylic oxidation sites excluding steroid dienone is 2. The smallest absolute Gasteiger partial charge is 0.496 e. The molecule has 210 valence electrons. The molecule has 0 aliphatic carbocycles. The molecular weight excluding hydrogens is 496 g/mol. The molecule has 0 saturated carbocycles. The van der Waals surface area contributed by atoms with Gasteiger partial charge in [-0.3, -0.25) is 9.59 Å². The Balaban J connectivity index is 2.25. The number of rotatable bonds is 11. The van der Waals surface area contributed by atoms with Gasteiger partial charge < -0.3 is 28.4 Å². The monoisotopic (exact) mass is 534 g/mol. The number of methoxy groups -OCH3 is 2. The fourth-order valence-electron chi connectivity index (χ4n) is 4.29. The van der Waals surface area contributed by atoms with Crippen LogP contribution in [0.3, 0.4) is 0 Å². The molecule has 1 aliphatic heterocycles. The van der Waals surface area contributed by atoms with Crippen LogP contribution in [-0.2, 0) is 41.6 Å². The first kappa shape index (κ1) is 30.7. The van der Waals surface area contributed by atoms with E-state index in [1.165, 1.54) is 14.2 Å². The largest absolute Gasteiger partial charge is 0.516 e. The summed E-state index contributed by atoms with van der Waals surface area (Å²) in [5, 5.41) is 0. The topological polar surface area (TPSA) is 124 Å². The van der Waals surface area contributed by atoms with Crippen LogP contribution in [0.4, 0.5) is 4.79 Å². The SMILES string of the molecule is COC(=O)CC/C(C)=C/Cc1c(OC)c(C)c2c(c1OC(=O)OCOC(=O)C(C)CC(C)(C)C)C(=O)OC2. The molecule has 1 atom stereocenters. The number of carbonyl (C=O) groups excluding carboxylic acids is 4. The summed E-state index contributed by atoms with van der Waals surface area (Å²) in [5.74, 6) is -1.45. The van der Waals surface area contributed by atoms with Gasteiger partial charge in [0.15, 0.2) is 5.75 Å². The van der Waals surface area contributed by atoms with Crippen molar-refractivity contribution in [3.63, 3.8) is 0 Å². The summed E-state index contributed by atoms with van der Waals surface area (Å²) >= 11 is 0. The van der Waals surface area contributed by atoms with Gasteiger partial charge in [0.05, 0.1) is 20.1 Å². The summed E-state index contributed by atoms with van der Waals surface area (Å²) in [6, 6.07) is 0. The van der Waals surface area contributed by atoms with Crippen LogP contribution in [-0.4, -0.2) is 45.1 Å². The maximum atomic E-state index is 12.6. The third-order valence-electron chi connectivity index (χ3n) is 6.12. The summed E-state index contributed by atoms with van der Waals surface area (Å²) in [4.78, 5) is 48.9. The number of cyclic esters (lactones) is 1. The molecule has 0 spiro atoms. The lowest BCUT2D eigenvalue weighted by atomic mass is 9.85. The molecule has 10 nitrogen and oxygen atoms in total. The lowest BCUT2D eigenvalue weighted by Crippen LogP contribution is -2.23. The lowest BCUT2D eigenvalue weighted by molar-refractivity contribution is -0.158. The van der Waals surface area contributed by atoms with Crippen molar-refractivity contribution in [2.45, 2.75) is 73.8 Å². The standard InChI is InChI=1S/C28H38O10/c1-16(10-12-21(29)33-7)9-11-19-23(34-8)18(3)20-14-35-26(31)22(20)24(19)38-27(32)37-15-36-25(30)17(2)13-28(4,5)6/h9,17H,10-15H2,1-8H3/b16-9+. The van der Waals surface area contributed by atoms with E-state index in [1.807, 2.05) is 33.8 Å². The highest BCUT2D eigenvalue weighted by Crippen LogP contribution is 2.43. The molecule has 0 amide bonds. The Morgan fingerprint density at radius 2 is 1.76 bits per heavy atom. The van der Waals surface area contributed by atoms with Gasteiger partial charge in [-0.05, 0) is 44.1 Å². The van der Waals surface area contributed by atoms with Gasteiger partial charge in [0.1, 0.15) is 17.9 Å². The molecule has 1 aromatic rings. The minimum absolute atomic E-state index is 0.0132. The second-order valence-electron chi connectivity index (χ2n) is 10.5. The summed E-state index contributed by atoms with van der Waals surface area (Å²) in [6.07, 6.45) is 2.22. The summed E-state index contributed by atoms with van der Waals surface area (Å²) in [7, 11) is 2.80. The van der Waals surface area contributed by atoms with Crippen LogP contribution in [0, 0.1) is 18.3 Å². The van der Waals surface area contributed by atoms with E-state index in [1.54, 1.807) is 13.8 Å². The number of ether oxygens (including phenoxy) is 6. The Labute approximate surface area is 223 Å². The molecule has 0 radical (unpaired) electrons. The quantitative estimate of drug-likeness (QED) is 0.123. The van der Waals surface area contributed by atoms with Crippen molar-refractivity contribution < 1.29 is 47.6 Å². The Bertz CT molecular complexity index is 1090. The first-order chi connectivity index (χ1) is 17.8. The molecule has 1 aliphatic rings. The highest BCUT2D eigenvalue weighted by Gasteiger charge is 2.34. The van der Waals surface area contributed by atoms with Gasteiger partial charge in [-0.15, -0.1) is 0 Å². The van der Waals surface area contributed by atoms with Crippen LogP contribution < -0.4 is 9.47 Å². The number of esters is 3. The predicted octanol–water partition coefficient (Wildman–Crippen LogP) is 5.20. The Morgan fingerprint density at radius 3 is 2.37 bits per heavy atom. The van der Waals surface area contributed by atoms with Crippen molar-refractivity contribution in [3.05, 3.63) is 33.9 Å². The maximum absolute atomic E-state index is 12.6. The third-order valence-corrected chi connectivity index (χ3v) is 6.12. The molecule has 0 bridgehead atoms. The van der Waals surface area contributed by atoms with Crippen molar-refractivity contribution in [1.82, 2.24) is 0 Å². The van der Waals surface area contributed by atoms with E-state index >= 15 is 0 Å². The van der Waals surface area contributed by atoms with Gasteiger partial charge in [-0.2, -0.15) is 0 Å². The van der Waals surface area contributed by atoms with Crippen molar-refractivity contribution in [3.8, 4) is 11.5 Å². The number of hydrogen-bond acceptors (Lipinski definition) is 10. The normalized spacial score (nSPS) is 13.8. The molecule has 0 fully saturated rings. The van der Waals surface area contributed by atoms with Gasteiger partial charge in [-0.1, -0.05) is 39.3 Å². The number of carbonyl (C=O) groups is 4. The zero-order valence-corrected chi connectivity index (χ0v) is 23.5. The van der Waals surface area contributed by atoms with Crippen molar-refractivity contribution >= 4 is 24.1 Å². The van der Waals surface area contributed by atoms with E-state index in [0.717, 1.165) is 5.57 Å². The molecule has 10 heteroatoms. The van der Waals surface area contributed by atoms with E-state index in [9.17, 15) is 19.2 Å². The van der Waals surface area contributed by atoms with Gasteiger partial charge in [0.25, 0.3) is 0 Å².